The molecule has 1 N–H and O–H groups in total. The van der Waals surface area contributed by atoms with Crippen LogP contribution in [-0.2, 0) is 10.2 Å². The molecule has 2 heterocycles. The second-order valence-electron chi connectivity index (χ2n) is 5.70. The third-order valence-corrected chi connectivity index (χ3v) is 7.25. The van der Waals surface area contributed by atoms with Crippen LogP contribution in [0.2, 0.25) is 0 Å². The number of hydrogen-bond donors (Lipinski definition) is 1. The molecular formula is C13H27N3O2S2. The van der Waals surface area contributed by atoms with Crippen LogP contribution in [0.25, 0.3) is 0 Å². The van der Waals surface area contributed by atoms with Crippen LogP contribution in [0.1, 0.15) is 26.7 Å². The summed E-state index contributed by atoms with van der Waals surface area (Å²) < 4.78 is 28.6. The normalized spacial score (nSPS) is 27.8. The van der Waals surface area contributed by atoms with E-state index in [1.807, 2.05) is 11.8 Å². The molecule has 0 amide bonds. The topological polar surface area (TPSA) is 52.7 Å². The molecule has 0 aliphatic carbocycles. The van der Waals surface area contributed by atoms with E-state index in [-0.39, 0.29) is 0 Å². The Bertz CT molecular complexity index is 394. The number of piperidine rings is 1. The molecular weight excluding hydrogens is 294 g/mol. The van der Waals surface area contributed by atoms with Gasteiger partial charge in [0.15, 0.2) is 0 Å². The number of nitrogens with one attached hydrogen (secondary N) is 1. The Labute approximate surface area is 127 Å². The van der Waals surface area contributed by atoms with Crippen LogP contribution in [0.15, 0.2) is 0 Å². The molecule has 20 heavy (non-hydrogen) atoms. The van der Waals surface area contributed by atoms with Gasteiger partial charge in [-0.2, -0.15) is 28.8 Å². The van der Waals surface area contributed by atoms with E-state index in [0.29, 0.717) is 37.3 Å². The molecule has 2 saturated heterocycles. The molecule has 0 aromatic heterocycles. The largest absolute Gasteiger partial charge is 0.317 e. The molecule has 2 fully saturated rings. The van der Waals surface area contributed by atoms with Crippen molar-refractivity contribution in [1.29, 1.82) is 0 Å². The molecule has 0 spiro atoms. The summed E-state index contributed by atoms with van der Waals surface area (Å²) in [7, 11) is -3.23. The van der Waals surface area contributed by atoms with Crippen molar-refractivity contribution in [2.24, 2.45) is 5.92 Å². The van der Waals surface area contributed by atoms with Gasteiger partial charge in [-0.1, -0.05) is 13.8 Å². The molecule has 0 aromatic carbocycles. The van der Waals surface area contributed by atoms with E-state index >= 15 is 0 Å². The first-order valence-corrected chi connectivity index (χ1v) is 10.1. The van der Waals surface area contributed by atoms with Gasteiger partial charge >= 0.3 is 0 Å². The summed E-state index contributed by atoms with van der Waals surface area (Å²) in [6.07, 6.45) is 1.95. The summed E-state index contributed by atoms with van der Waals surface area (Å²) in [4.78, 5) is 0. The maximum absolute atomic E-state index is 12.6. The highest BCUT2D eigenvalue weighted by Gasteiger charge is 2.34. The van der Waals surface area contributed by atoms with E-state index in [1.54, 1.807) is 8.61 Å². The average Bonchev–Trinajstić information content (AvgIpc) is 2.45. The van der Waals surface area contributed by atoms with E-state index in [4.69, 9.17) is 0 Å². The van der Waals surface area contributed by atoms with E-state index in [2.05, 4.69) is 19.2 Å². The highest BCUT2D eigenvalue weighted by Crippen LogP contribution is 2.25. The summed E-state index contributed by atoms with van der Waals surface area (Å²) >= 11 is 1.86. The fourth-order valence-corrected chi connectivity index (χ4v) is 5.81. The van der Waals surface area contributed by atoms with E-state index in [9.17, 15) is 8.42 Å². The summed E-state index contributed by atoms with van der Waals surface area (Å²) in [6, 6.07) is 0. The molecule has 0 aromatic rings. The first-order valence-electron chi connectivity index (χ1n) is 7.61. The molecule has 2 rings (SSSR count). The Morgan fingerprint density at radius 2 is 1.90 bits per heavy atom. The van der Waals surface area contributed by atoms with Crippen molar-refractivity contribution < 1.29 is 8.42 Å². The maximum atomic E-state index is 12.6. The molecule has 2 aliphatic rings. The van der Waals surface area contributed by atoms with Gasteiger partial charge in [-0.3, -0.25) is 0 Å². The molecule has 1 unspecified atom stereocenters. The van der Waals surface area contributed by atoms with Gasteiger partial charge in [0, 0.05) is 37.2 Å². The van der Waals surface area contributed by atoms with Crippen LogP contribution in [0.5, 0.6) is 0 Å². The summed E-state index contributed by atoms with van der Waals surface area (Å²) in [6.45, 7) is 8.89. The summed E-state index contributed by atoms with van der Waals surface area (Å²) in [5.74, 6) is 1.54. The van der Waals surface area contributed by atoms with Crippen molar-refractivity contribution in [1.82, 2.24) is 13.9 Å². The zero-order valence-electron chi connectivity index (χ0n) is 12.5. The van der Waals surface area contributed by atoms with E-state index in [1.165, 1.54) is 0 Å². The van der Waals surface area contributed by atoms with Crippen LogP contribution >= 0.6 is 11.8 Å². The second kappa shape index (κ2) is 7.45. The quantitative estimate of drug-likeness (QED) is 0.820. The minimum absolute atomic E-state index is 0.407. The molecule has 1 atom stereocenters. The Morgan fingerprint density at radius 1 is 1.20 bits per heavy atom. The molecule has 0 saturated carbocycles. The van der Waals surface area contributed by atoms with Gasteiger partial charge in [0.2, 0.25) is 0 Å². The summed E-state index contributed by atoms with van der Waals surface area (Å²) in [5, 5.41) is 3.77. The van der Waals surface area contributed by atoms with Gasteiger partial charge in [-0.25, -0.2) is 0 Å². The van der Waals surface area contributed by atoms with Crippen LogP contribution in [0.4, 0.5) is 0 Å². The average molecular weight is 322 g/mol. The lowest BCUT2D eigenvalue weighted by atomic mass is 9.98. The smallest absolute Gasteiger partial charge is 0.282 e. The molecule has 0 bridgehead atoms. The lowest BCUT2D eigenvalue weighted by molar-refractivity contribution is 0.250. The Kier molecular flexibility index (Phi) is 6.16. The fraction of sp³-hybridized carbons (Fsp3) is 1.00. The highest BCUT2D eigenvalue weighted by atomic mass is 32.2. The number of thioether (sulfide) groups is 1. The lowest BCUT2D eigenvalue weighted by Crippen LogP contribution is -2.51. The number of rotatable bonds is 5. The number of nitrogens with zero attached hydrogens (tertiary/aromatic N) is 2. The first-order chi connectivity index (χ1) is 9.54. The van der Waals surface area contributed by atoms with Gasteiger partial charge in [-0.15, -0.1) is 0 Å². The molecule has 0 radical (unpaired) electrons. The third kappa shape index (κ3) is 4.10. The summed E-state index contributed by atoms with van der Waals surface area (Å²) in [5.41, 5.74) is 0. The van der Waals surface area contributed by atoms with Crippen molar-refractivity contribution in [3.05, 3.63) is 0 Å². The van der Waals surface area contributed by atoms with Crippen molar-refractivity contribution >= 4 is 22.0 Å². The fourth-order valence-electron chi connectivity index (χ4n) is 2.85. The monoisotopic (exact) mass is 321 g/mol. The van der Waals surface area contributed by atoms with Crippen molar-refractivity contribution in [2.75, 3.05) is 45.0 Å². The standard InChI is InChI=1S/C13H27N3O2S2/c1-3-14-10-13-4-6-15(7-5-13)20(17,18)16-8-9-19-12(2)11-16/h12-14H,3-11H2,1-2H3. The first kappa shape index (κ1) is 16.5. The second-order valence-corrected chi connectivity index (χ2v) is 9.17. The highest BCUT2D eigenvalue weighted by molar-refractivity contribution is 8.00. The number of hydrogen-bond acceptors (Lipinski definition) is 4. The van der Waals surface area contributed by atoms with Gasteiger partial charge in [0.1, 0.15) is 0 Å². The van der Waals surface area contributed by atoms with Crippen LogP contribution in [-0.4, -0.2) is 67.3 Å². The van der Waals surface area contributed by atoms with Crippen LogP contribution in [0.3, 0.4) is 0 Å². The predicted molar refractivity (Wildman–Crippen MR) is 85.3 cm³/mol. The minimum atomic E-state index is -3.23. The molecule has 118 valence electrons. The SMILES string of the molecule is CCNCC1CCN(S(=O)(=O)N2CCSC(C)C2)CC1. The zero-order valence-corrected chi connectivity index (χ0v) is 14.2. The predicted octanol–water partition coefficient (Wildman–Crippen LogP) is 0.990. The van der Waals surface area contributed by atoms with Gasteiger partial charge in [0.25, 0.3) is 10.2 Å². The van der Waals surface area contributed by atoms with Crippen molar-refractivity contribution in [3.63, 3.8) is 0 Å². The Morgan fingerprint density at radius 3 is 2.50 bits per heavy atom. The van der Waals surface area contributed by atoms with Crippen molar-refractivity contribution in [3.8, 4) is 0 Å². The maximum Gasteiger partial charge on any atom is 0.282 e. The zero-order chi connectivity index (χ0) is 14.6. The molecule has 7 heteroatoms. The van der Waals surface area contributed by atoms with Crippen molar-refractivity contribution in [2.45, 2.75) is 31.9 Å². The Balaban J connectivity index is 1.88. The van der Waals surface area contributed by atoms with Gasteiger partial charge in [-0.05, 0) is 31.8 Å². The lowest BCUT2D eigenvalue weighted by Gasteiger charge is -2.37. The van der Waals surface area contributed by atoms with Crippen LogP contribution in [0, 0.1) is 5.92 Å². The third-order valence-electron chi connectivity index (χ3n) is 4.11. The van der Waals surface area contributed by atoms with Gasteiger partial charge in [0.05, 0.1) is 0 Å². The molecule has 2 aliphatic heterocycles. The Hall–Kier alpha value is 0.180. The van der Waals surface area contributed by atoms with E-state index in [0.717, 1.165) is 31.7 Å². The van der Waals surface area contributed by atoms with E-state index < -0.39 is 10.2 Å². The van der Waals surface area contributed by atoms with Gasteiger partial charge < -0.3 is 5.32 Å². The minimum Gasteiger partial charge on any atom is -0.317 e. The molecule has 5 nitrogen and oxygen atoms in total. The van der Waals surface area contributed by atoms with Crippen LogP contribution < -0.4 is 5.32 Å².